The van der Waals surface area contributed by atoms with Crippen LogP contribution in [0, 0.1) is 12.8 Å². The van der Waals surface area contributed by atoms with Gasteiger partial charge in [0.2, 0.25) is 0 Å². The molecule has 1 aromatic heterocycles. The third-order valence-corrected chi connectivity index (χ3v) is 7.25. The zero-order chi connectivity index (χ0) is 19.6. The maximum absolute atomic E-state index is 12.9. The first-order chi connectivity index (χ1) is 12.8. The number of amides is 1. The van der Waals surface area contributed by atoms with E-state index in [9.17, 15) is 13.2 Å². The summed E-state index contributed by atoms with van der Waals surface area (Å²) in [5, 5.41) is 0.206. The van der Waals surface area contributed by atoms with Gasteiger partial charge in [0.1, 0.15) is 0 Å². The molecule has 0 spiro atoms. The second kappa shape index (κ2) is 7.98. The Morgan fingerprint density at radius 2 is 1.96 bits per heavy atom. The lowest BCUT2D eigenvalue weighted by atomic mass is 9.99. The van der Waals surface area contributed by atoms with E-state index in [-0.39, 0.29) is 21.6 Å². The molecule has 1 fully saturated rings. The smallest absolute Gasteiger partial charge is 0.255 e. The zero-order valence-electron chi connectivity index (χ0n) is 15.5. The van der Waals surface area contributed by atoms with E-state index < -0.39 is 9.84 Å². The Morgan fingerprint density at radius 3 is 2.63 bits per heavy atom. The maximum atomic E-state index is 12.9. The van der Waals surface area contributed by atoms with Gasteiger partial charge in [-0.2, -0.15) is 0 Å². The summed E-state index contributed by atoms with van der Waals surface area (Å²) < 4.78 is 25.7. The summed E-state index contributed by atoms with van der Waals surface area (Å²) >= 11 is 6.12. The van der Waals surface area contributed by atoms with Crippen LogP contribution < -0.4 is 0 Å². The quantitative estimate of drug-likeness (QED) is 0.772. The molecule has 1 aliphatic heterocycles. The third-order valence-electron chi connectivity index (χ3n) is 4.94. The lowest BCUT2D eigenvalue weighted by Crippen LogP contribution is -2.38. The largest absolute Gasteiger partial charge is 0.339 e. The van der Waals surface area contributed by atoms with Gasteiger partial charge in [-0.3, -0.25) is 9.78 Å². The number of aromatic nitrogens is 1. The summed E-state index contributed by atoms with van der Waals surface area (Å²) in [5.41, 5.74) is 1.50. The highest BCUT2D eigenvalue weighted by Crippen LogP contribution is 2.28. The van der Waals surface area contributed by atoms with Crippen molar-refractivity contribution < 1.29 is 13.2 Å². The van der Waals surface area contributed by atoms with Gasteiger partial charge in [0.15, 0.2) is 9.84 Å². The third kappa shape index (κ3) is 4.50. The van der Waals surface area contributed by atoms with Crippen LogP contribution in [0.15, 0.2) is 41.6 Å². The summed E-state index contributed by atoms with van der Waals surface area (Å²) in [4.78, 5) is 18.8. The molecule has 2 heterocycles. The zero-order valence-corrected chi connectivity index (χ0v) is 17.1. The molecule has 1 aliphatic rings. The van der Waals surface area contributed by atoms with Crippen LogP contribution in [-0.2, 0) is 15.6 Å². The van der Waals surface area contributed by atoms with Gasteiger partial charge < -0.3 is 4.90 Å². The van der Waals surface area contributed by atoms with Gasteiger partial charge in [-0.15, -0.1) is 0 Å². The molecular weight excluding hydrogens is 384 g/mol. The molecular formula is C20H23ClN2O3S. The highest BCUT2D eigenvalue weighted by Gasteiger charge is 2.24. The number of pyridine rings is 1. The van der Waals surface area contributed by atoms with Gasteiger partial charge in [0.05, 0.1) is 21.2 Å². The minimum atomic E-state index is -3.65. The molecule has 7 heteroatoms. The molecule has 1 aromatic carbocycles. The van der Waals surface area contributed by atoms with Crippen molar-refractivity contribution in [1.82, 2.24) is 9.88 Å². The van der Waals surface area contributed by atoms with Gasteiger partial charge in [-0.25, -0.2) is 8.42 Å². The van der Waals surface area contributed by atoms with Crippen molar-refractivity contribution in [3.05, 3.63) is 58.4 Å². The molecule has 0 aliphatic carbocycles. The Balaban J connectivity index is 1.83. The Bertz CT molecular complexity index is 931. The van der Waals surface area contributed by atoms with Crippen LogP contribution in [-0.4, -0.2) is 37.3 Å². The number of rotatable bonds is 4. The summed E-state index contributed by atoms with van der Waals surface area (Å²) in [6.07, 6.45) is 4.95. The van der Waals surface area contributed by atoms with Crippen molar-refractivity contribution in [2.24, 2.45) is 5.92 Å². The van der Waals surface area contributed by atoms with Gasteiger partial charge in [-0.05, 0) is 48.9 Å². The Labute approximate surface area is 165 Å². The number of carbonyl (C=O) groups is 1. The van der Waals surface area contributed by atoms with E-state index in [0.717, 1.165) is 25.9 Å². The van der Waals surface area contributed by atoms with E-state index in [0.29, 0.717) is 22.6 Å². The van der Waals surface area contributed by atoms with E-state index in [2.05, 4.69) is 11.9 Å². The first-order valence-electron chi connectivity index (χ1n) is 8.99. The Kier molecular flexibility index (Phi) is 5.86. The van der Waals surface area contributed by atoms with E-state index in [1.165, 1.54) is 12.4 Å². The lowest BCUT2D eigenvalue weighted by Gasteiger charge is -2.30. The first kappa shape index (κ1) is 19.8. The predicted octanol–water partition coefficient (Wildman–Crippen LogP) is 3.89. The molecule has 27 heavy (non-hydrogen) atoms. The number of sulfone groups is 1. The first-order valence-corrected chi connectivity index (χ1v) is 11.0. The van der Waals surface area contributed by atoms with Crippen LogP contribution in [0.1, 0.15) is 41.3 Å². The van der Waals surface area contributed by atoms with Crippen molar-refractivity contribution in [2.75, 3.05) is 13.1 Å². The molecule has 0 atom stereocenters. The molecule has 5 nitrogen and oxygen atoms in total. The molecule has 0 N–H and O–H groups in total. The number of benzene rings is 1. The SMILES string of the molecule is Cc1cccc(Cl)c1S(=O)(=O)Cc1cncc(C(=O)N2CCC(C)CC2)c1. The number of hydrogen-bond donors (Lipinski definition) is 0. The minimum Gasteiger partial charge on any atom is -0.339 e. The number of carbonyl (C=O) groups excluding carboxylic acids is 1. The monoisotopic (exact) mass is 406 g/mol. The number of aryl methyl sites for hydroxylation is 1. The fourth-order valence-electron chi connectivity index (χ4n) is 3.38. The number of nitrogens with zero attached hydrogens (tertiary/aromatic N) is 2. The van der Waals surface area contributed by atoms with Crippen molar-refractivity contribution in [1.29, 1.82) is 0 Å². The summed E-state index contributed by atoms with van der Waals surface area (Å²) in [7, 11) is -3.65. The lowest BCUT2D eigenvalue weighted by molar-refractivity contribution is 0.0696. The summed E-state index contributed by atoms with van der Waals surface area (Å²) in [6.45, 7) is 5.35. The van der Waals surface area contributed by atoms with E-state index in [4.69, 9.17) is 11.6 Å². The summed E-state index contributed by atoms with van der Waals surface area (Å²) in [5.74, 6) is 0.285. The van der Waals surface area contributed by atoms with Crippen LogP contribution in [0.25, 0.3) is 0 Å². The fraction of sp³-hybridized carbons (Fsp3) is 0.400. The minimum absolute atomic E-state index is 0.0948. The number of halogens is 1. The van der Waals surface area contributed by atoms with Gasteiger partial charge >= 0.3 is 0 Å². The number of hydrogen-bond acceptors (Lipinski definition) is 4. The fourth-order valence-corrected chi connectivity index (χ4v) is 5.62. The van der Waals surface area contributed by atoms with Crippen molar-refractivity contribution in [2.45, 2.75) is 37.3 Å². The van der Waals surface area contributed by atoms with Gasteiger partial charge in [-0.1, -0.05) is 30.7 Å². The second-order valence-corrected chi connectivity index (χ2v) is 9.54. The molecule has 0 bridgehead atoms. The molecule has 3 rings (SSSR count). The molecule has 144 valence electrons. The van der Waals surface area contributed by atoms with Gasteiger partial charge in [0, 0.05) is 25.5 Å². The second-order valence-electron chi connectivity index (χ2n) is 7.20. The highest BCUT2D eigenvalue weighted by atomic mass is 35.5. The Hall–Kier alpha value is -1.92. The summed E-state index contributed by atoms with van der Waals surface area (Å²) in [6, 6.07) is 6.62. The van der Waals surface area contributed by atoms with E-state index in [1.54, 1.807) is 31.2 Å². The van der Waals surface area contributed by atoms with Crippen molar-refractivity contribution in [3.63, 3.8) is 0 Å². The van der Waals surface area contributed by atoms with Crippen LogP contribution in [0.5, 0.6) is 0 Å². The highest BCUT2D eigenvalue weighted by molar-refractivity contribution is 7.90. The average Bonchev–Trinajstić information content (AvgIpc) is 2.61. The van der Waals surface area contributed by atoms with E-state index in [1.807, 2.05) is 4.90 Å². The van der Waals surface area contributed by atoms with Crippen LogP contribution in [0.3, 0.4) is 0 Å². The maximum Gasteiger partial charge on any atom is 0.255 e. The van der Waals surface area contributed by atoms with Crippen molar-refractivity contribution >= 4 is 27.3 Å². The van der Waals surface area contributed by atoms with Crippen LogP contribution >= 0.6 is 11.6 Å². The van der Waals surface area contributed by atoms with Crippen molar-refractivity contribution in [3.8, 4) is 0 Å². The number of piperidine rings is 1. The molecule has 0 saturated carbocycles. The predicted molar refractivity (Wildman–Crippen MR) is 106 cm³/mol. The van der Waals surface area contributed by atoms with Crippen LogP contribution in [0.2, 0.25) is 5.02 Å². The Morgan fingerprint density at radius 1 is 1.26 bits per heavy atom. The normalized spacial score (nSPS) is 15.7. The number of likely N-dealkylation sites (tertiary alicyclic amines) is 1. The topological polar surface area (TPSA) is 67.3 Å². The van der Waals surface area contributed by atoms with E-state index >= 15 is 0 Å². The average molecular weight is 407 g/mol. The standard InChI is InChI=1S/C20H23ClN2O3S/c1-14-6-8-23(9-7-14)20(24)17-10-16(11-22-12-17)13-27(25,26)19-15(2)4-3-5-18(19)21/h3-5,10-12,14H,6-9,13H2,1-2H3. The van der Waals surface area contributed by atoms with Crippen LogP contribution in [0.4, 0.5) is 0 Å². The molecule has 0 radical (unpaired) electrons. The molecule has 0 unspecified atom stereocenters. The molecule has 2 aromatic rings. The van der Waals surface area contributed by atoms with Gasteiger partial charge in [0.25, 0.3) is 5.91 Å². The molecule has 1 saturated heterocycles. The molecule has 1 amide bonds.